The van der Waals surface area contributed by atoms with Gasteiger partial charge in [0.1, 0.15) is 0 Å². The zero-order valence-electron chi connectivity index (χ0n) is 15.2. The molecule has 2 heterocycles. The Kier molecular flexibility index (Phi) is 4.49. The zero-order valence-corrected chi connectivity index (χ0v) is 16.0. The molecule has 0 amide bonds. The van der Waals surface area contributed by atoms with Gasteiger partial charge in [-0.2, -0.15) is 5.10 Å². The number of aliphatic hydroxyl groups excluding tert-OH is 1. The smallest absolute Gasteiger partial charge is 0.183 e. The summed E-state index contributed by atoms with van der Waals surface area (Å²) in [5.74, 6) is 0.575. The van der Waals surface area contributed by atoms with Crippen molar-refractivity contribution in [1.29, 1.82) is 0 Å². The first-order valence-corrected chi connectivity index (χ1v) is 9.68. The van der Waals surface area contributed by atoms with Crippen molar-refractivity contribution in [2.45, 2.75) is 43.9 Å². The lowest BCUT2D eigenvalue weighted by molar-refractivity contribution is 0.276. The molecule has 3 rings (SSSR count). The van der Waals surface area contributed by atoms with E-state index >= 15 is 0 Å². The normalized spacial score (nSPS) is 12.5. The van der Waals surface area contributed by atoms with Crippen LogP contribution in [0.25, 0.3) is 10.9 Å². The van der Waals surface area contributed by atoms with Crippen LogP contribution in [-0.4, -0.2) is 33.5 Å². The second-order valence-corrected chi connectivity index (χ2v) is 9.82. The second-order valence-electron chi connectivity index (χ2n) is 7.11. The third-order valence-electron chi connectivity index (χ3n) is 4.35. The minimum absolute atomic E-state index is 0.133. The molecule has 0 fully saturated rings. The maximum absolute atomic E-state index is 12.8. The summed E-state index contributed by atoms with van der Waals surface area (Å²) in [6.45, 7) is 6.75. The Morgan fingerprint density at radius 3 is 2.58 bits per heavy atom. The predicted octanol–water partition coefficient (Wildman–Crippen LogP) is 3.07. The Labute approximate surface area is 152 Å². The molecule has 0 unspecified atom stereocenters. The number of hydrogen-bond acceptors (Lipinski definition) is 6. The summed E-state index contributed by atoms with van der Waals surface area (Å²) < 4.78 is 24.7. The van der Waals surface area contributed by atoms with Crippen molar-refractivity contribution in [3.63, 3.8) is 0 Å². The number of anilines is 2. The van der Waals surface area contributed by atoms with Crippen molar-refractivity contribution in [3.8, 4) is 0 Å². The minimum atomic E-state index is -3.48. The van der Waals surface area contributed by atoms with Crippen molar-refractivity contribution < 1.29 is 13.5 Å². The van der Waals surface area contributed by atoms with Crippen LogP contribution in [0.15, 0.2) is 35.4 Å². The van der Waals surface area contributed by atoms with Crippen LogP contribution >= 0.6 is 0 Å². The maximum atomic E-state index is 12.8. The molecule has 0 radical (unpaired) electrons. The van der Waals surface area contributed by atoms with Gasteiger partial charge in [-0.3, -0.25) is 10.1 Å². The van der Waals surface area contributed by atoms with Crippen LogP contribution in [0, 0.1) is 6.92 Å². The average molecular weight is 374 g/mol. The SMILES string of the molecule is Cc1c(Nc2ccnc3ccc(S(=O)(=O)C(C)(C)C)cc23)n[nH]c1CO. The topological polar surface area (TPSA) is 108 Å². The lowest BCUT2D eigenvalue weighted by atomic mass is 10.2. The summed E-state index contributed by atoms with van der Waals surface area (Å²) in [7, 11) is -3.48. The van der Waals surface area contributed by atoms with Crippen molar-refractivity contribution in [2.24, 2.45) is 0 Å². The summed E-state index contributed by atoms with van der Waals surface area (Å²) in [6, 6.07) is 6.70. The van der Waals surface area contributed by atoms with Crippen LogP contribution in [0.1, 0.15) is 32.0 Å². The third-order valence-corrected chi connectivity index (χ3v) is 6.84. The van der Waals surface area contributed by atoms with Gasteiger partial charge in [0.05, 0.1) is 33.1 Å². The van der Waals surface area contributed by atoms with E-state index in [4.69, 9.17) is 0 Å². The Morgan fingerprint density at radius 2 is 1.96 bits per heavy atom. The Morgan fingerprint density at radius 1 is 1.23 bits per heavy atom. The van der Waals surface area contributed by atoms with Crippen LogP contribution in [-0.2, 0) is 16.4 Å². The van der Waals surface area contributed by atoms with E-state index in [1.165, 1.54) is 0 Å². The first-order valence-electron chi connectivity index (χ1n) is 8.20. The highest BCUT2D eigenvalue weighted by Crippen LogP contribution is 2.31. The molecule has 138 valence electrons. The fourth-order valence-electron chi connectivity index (χ4n) is 2.59. The number of H-pyrrole nitrogens is 1. The molecule has 0 bridgehead atoms. The molecule has 0 spiro atoms. The summed E-state index contributed by atoms with van der Waals surface area (Å²) in [6.07, 6.45) is 1.65. The van der Waals surface area contributed by atoms with E-state index in [0.717, 1.165) is 5.56 Å². The molecule has 0 atom stereocenters. The van der Waals surface area contributed by atoms with Crippen molar-refractivity contribution in [2.75, 3.05) is 5.32 Å². The fraction of sp³-hybridized carbons (Fsp3) is 0.333. The lowest BCUT2D eigenvalue weighted by Gasteiger charge is -2.19. The highest BCUT2D eigenvalue weighted by atomic mass is 32.2. The number of rotatable bonds is 4. The van der Waals surface area contributed by atoms with Gasteiger partial charge in [-0.05, 0) is 52.0 Å². The molecule has 3 N–H and O–H groups in total. The quantitative estimate of drug-likeness (QED) is 0.648. The third kappa shape index (κ3) is 3.06. The molecule has 26 heavy (non-hydrogen) atoms. The molecule has 0 saturated heterocycles. The molecule has 1 aromatic carbocycles. The van der Waals surface area contributed by atoms with Crippen molar-refractivity contribution >= 4 is 32.2 Å². The first kappa shape index (κ1) is 18.3. The van der Waals surface area contributed by atoms with Crippen molar-refractivity contribution in [3.05, 3.63) is 41.7 Å². The summed E-state index contributed by atoms with van der Waals surface area (Å²) in [5, 5.41) is 20.1. The van der Waals surface area contributed by atoms with E-state index < -0.39 is 14.6 Å². The Bertz CT molecular complexity index is 1070. The second kappa shape index (κ2) is 6.37. The van der Waals surface area contributed by atoms with Gasteiger partial charge in [-0.25, -0.2) is 8.42 Å². The monoisotopic (exact) mass is 374 g/mol. The van der Waals surface area contributed by atoms with Gasteiger partial charge >= 0.3 is 0 Å². The molecule has 0 aliphatic rings. The highest BCUT2D eigenvalue weighted by molar-refractivity contribution is 7.92. The van der Waals surface area contributed by atoms with Crippen LogP contribution in [0.3, 0.4) is 0 Å². The molecule has 0 saturated carbocycles. The first-order chi connectivity index (χ1) is 12.1. The number of nitrogens with zero attached hydrogens (tertiary/aromatic N) is 2. The van der Waals surface area contributed by atoms with E-state index in [2.05, 4.69) is 20.5 Å². The molecule has 3 aromatic rings. The van der Waals surface area contributed by atoms with E-state index in [0.29, 0.717) is 28.1 Å². The number of sulfone groups is 1. The number of benzene rings is 1. The van der Waals surface area contributed by atoms with E-state index in [-0.39, 0.29) is 11.5 Å². The summed E-state index contributed by atoms with van der Waals surface area (Å²) in [4.78, 5) is 4.56. The molecular formula is C18H22N4O3S. The maximum Gasteiger partial charge on any atom is 0.183 e. The number of aliphatic hydroxyl groups is 1. The van der Waals surface area contributed by atoms with Crippen molar-refractivity contribution in [1.82, 2.24) is 15.2 Å². The lowest BCUT2D eigenvalue weighted by Crippen LogP contribution is -2.27. The van der Waals surface area contributed by atoms with Crippen LogP contribution < -0.4 is 5.32 Å². The van der Waals surface area contributed by atoms with Gasteiger partial charge in [0.15, 0.2) is 15.7 Å². The number of aromatic amines is 1. The van der Waals surface area contributed by atoms with Gasteiger partial charge < -0.3 is 10.4 Å². The van der Waals surface area contributed by atoms with Gasteiger partial charge in [-0.15, -0.1) is 0 Å². The van der Waals surface area contributed by atoms with Crippen LogP contribution in [0.4, 0.5) is 11.5 Å². The summed E-state index contributed by atoms with van der Waals surface area (Å²) >= 11 is 0. The van der Waals surface area contributed by atoms with E-state index in [1.54, 1.807) is 51.2 Å². The van der Waals surface area contributed by atoms with Crippen LogP contribution in [0.5, 0.6) is 0 Å². The number of nitrogens with one attached hydrogen (secondary N) is 2. The predicted molar refractivity (Wildman–Crippen MR) is 101 cm³/mol. The van der Waals surface area contributed by atoms with Gasteiger partial charge in [0.25, 0.3) is 0 Å². The van der Waals surface area contributed by atoms with E-state index in [9.17, 15) is 13.5 Å². The molecule has 0 aliphatic heterocycles. The van der Waals surface area contributed by atoms with Gasteiger partial charge in [-0.1, -0.05) is 0 Å². The fourth-order valence-corrected chi connectivity index (χ4v) is 3.82. The molecule has 7 nitrogen and oxygen atoms in total. The largest absolute Gasteiger partial charge is 0.390 e. The minimum Gasteiger partial charge on any atom is -0.390 e. The molecule has 0 aliphatic carbocycles. The number of pyridine rings is 1. The van der Waals surface area contributed by atoms with Gasteiger partial charge in [0, 0.05) is 17.1 Å². The Hall–Kier alpha value is -2.45. The summed E-state index contributed by atoms with van der Waals surface area (Å²) in [5.41, 5.74) is 2.80. The zero-order chi connectivity index (χ0) is 19.1. The van der Waals surface area contributed by atoms with Crippen LogP contribution in [0.2, 0.25) is 0 Å². The standard InChI is InChI=1S/C18H22N4O3S/c1-11-16(10-23)21-22-17(11)20-15-7-8-19-14-6-5-12(9-13(14)15)26(24,25)18(2,3)4/h5-9,23H,10H2,1-4H3,(H2,19,20,21,22). The molecular weight excluding hydrogens is 352 g/mol. The number of hydrogen-bond donors (Lipinski definition) is 3. The molecule has 2 aromatic heterocycles. The number of aromatic nitrogens is 3. The van der Waals surface area contributed by atoms with E-state index in [1.807, 2.05) is 6.92 Å². The average Bonchev–Trinajstić information content (AvgIpc) is 2.93. The van der Waals surface area contributed by atoms with Gasteiger partial charge in [0.2, 0.25) is 0 Å². The Balaban J connectivity index is 2.12. The molecule has 8 heteroatoms. The highest BCUT2D eigenvalue weighted by Gasteiger charge is 2.31. The number of fused-ring (bicyclic) bond motifs is 1.